The lowest BCUT2D eigenvalue weighted by molar-refractivity contribution is 0.0790. The highest BCUT2D eigenvalue weighted by Gasteiger charge is 2.23. The Morgan fingerprint density at radius 3 is 2.67 bits per heavy atom. The second kappa shape index (κ2) is 7.99. The molecule has 3 rings (SSSR count). The number of aromatic nitrogens is 2. The minimum atomic E-state index is -0.587. The number of nitrogens with zero attached hydrogens (tertiary/aromatic N) is 3. The van der Waals surface area contributed by atoms with Crippen molar-refractivity contribution in [1.82, 2.24) is 14.3 Å². The summed E-state index contributed by atoms with van der Waals surface area (Å²) in [5.41, 5.74) is 0.792. The van der Waals surface area contributed by atoms with E-state index < -0.39 is 11.7 Å². The predicted molar refractivity (Wildman–Crippen MR) is 101 cm³/mol. The Hall–Kier alpha value is -3.22. The number of halogens is 1. The molecule has 7 heteroatoms. The van der Waals surface area contributed by atoms with E-state index in [0.29, 0.717) is 12.1 Å². The van der Waals surface area contributed by atoms with Crippen LogP contribution in [0.25, 0.3) is 5.52 Å². The van der Waals surface area contributed by atoms with E-state index in [1.807, 2.05) is 0 Å². The first-order valence-electron chi connectivity index (χ1n) is 8.81. The maximum atomic E-state index is 13.8. The number of para-hydroxylation sites is 1. The maximum Gasteiger partial charge on any atom is 0.292 e. The highest BCUT2D eigenvalue weighted by Crippen LogP contribution is 2.18. The van der Waals surface area contributed by atoms with Crippen LogP contribution in [0.4, 0.5) is 10.1 Å². The number of unbranched alkanes of at least 4 members (excludes halogenated alkanes) is 1. The summed E-state index contributed by atoms with van der Waals surface area (Å²) in [6.45, 7) is 2.66. The second-order valence-electron chi connectivity index (χ2n) is 6.25. The van der Waals surface area contributed by atoms with Crippen molar-refractivity contribution in [3.63, 3.8) is 0 Å². The summed E-state index contributed by atoms with van der Waals surface area (Å²) in [5, 5.41) is 2.51. The molecule has 140 valence electrons. The quantitative estimate of drug-likeness (QED) is 0.723. The lowest BCUT2D eigenvalue weighted by Gasteiger charge is -2.15. The van der Waals surface area contributed by atoms with Gasteiger partial charge in [0.2, 0.25) is 5.82 Å². The van der Waals surface area contributed by atoms with Crippen LogP contribution >= 0.6 is 0 Å². The molecule has 0 saturated carbocycles. The van der Waals surface area contributed by atoms with E-state index >= 15 is 0 Å². The molecule has 0 unspecified atom stereocenters. The van der Waals surface area contributed by atoms with Gasteiger partial charge in [0.1, 0.15) is 5.82 Å². The average molecular weight is 368 g/mol. The number of rotatable bonds is 6. The van der Waals surface area contributed by atoms with Crippen LogP contribution in [0.15, 0.2) is 48.7 Å². The number of fused-ring (bicyclic) bond motifs is 1. The lowest BCUT2D eigenvalue weighted by atomic mass is 10.2. The molecule has 0 aliphatic heterocycles. The number of pyridine rings is 1. The third-order valence-corrected chi connectivity index (χ3v) is 4.27. The van der Waals surface area contributed by atoms with E-state index in [4.69, 9.17) is 0 Å². The number of hydrogen-bond donors (Lipinski definition) is 1. The molecule has 27 heavy (non-hydrogen) atoms. The molecule has 2 heterocycles. The largest absolute Gasteiger partial charge is 0.340 e. The SMILES string of the molecule is CCCCN(C)C(=O)c1nc(C(=O)Nc2ccccc2F)n2ccccc12. The lowest BCUT2D eigenvalue weighted by Crippen LogP contribution is -2.28. The molecule has 0 bridgehead atoms. The first kappa shape index (κ1) is 18.6. The number of nitrogens with one attached hydrogen (secondary N) is 1. The summed E-state index contributed by atoms with van der Waals surface area (Å²) in [6.07, 6.45) is 3.51. The van der Waals surface area contributed by atoms with Crippen LogP contribution in [-0.4, -0.2) is 39.7 Å². The molecule has 0 saturated heterocycles. The fourth-order valence-corrected chi connectivity index (χ4v) is 2.77. The Bertz CT molecular complexity index is 983. The maximum absolute atomic E-state index is 13.8. The number of benzene rings is 1. The molecule has 1 aromatic carbocycles. The summed E-state index contributed by atoms with van der Waals surface area (Å²) in [7, 11) is 1.71. The van der Waals surface area contributed by atoms with Crippen LogP contribution in [0.5, 0.6) is 0 Å². The Kier molecular flexibility index (Phi) is 5.49. The molecule has 2 amide bonds. The molecule has 0 atom stereocenters. The summed E-state index contributed by atoms with van der Waals surface area (Å²) in [6, 6.07) is 11.1. The van der Waals surface area contributed by atoms with Crippen LogP contribution in [-0.2, 0) is 0 Å². The zero-order chi connectivity index (χ0) is 19.4. The van der Waals surface area contributed by atoms with Gasteiger partial charge < -0.3 is 10.2 Å². The van der Waals surface area contributed by atoms with Crippen LogP contribution in [0.2, 0.25) is 0 Å². The van der Waals surface area contributed by atoms with Gasteiger partial charge in [-0.15, -0.1) is 0 Å². The summed E-state index contributed by atoms with van der Waals surface area (Å²) in [5.74, 6) is -1.35. The van der Waals surface area contributed by atoms with E-state index in [0.717, 1.165) is 12.8 Å². The van der Waals surface area contributed by atoms with Gasteiger partial charge in [-0.1, -0.05) is 31.5 Å². The van der Waals surface area contributed by atoms with Crippen molar-refractivity contribution in [1.29, 1.82) is 0 Å². The van der Waals surface area contributed by atoms with Crippen LogP contribution < -0.4 is 5.32 Å². The average Bonchev–Trinajstić information content (AvgIpc) is 3.07. The predicted octanol–water partition coefficient (Wildman–Crippen LogP) is 3.60. The standard InChI is InChI=1S/C20H21FN4O2/c1-3-4-12-24(2)20(27)17-16-11-7-8-13-25(16)18(23-17)19(26)22-15-10-6-5-9-14(15)21/h5-11,13H,3-4,12H2,1-2H3,(H,22,26). The number of imidazole rings is 1. The van der Waals surface area contributed by atoms with Gasteiger partial charge in [0.15, 0.2) is 5.69 Å². The molecular formula is C20H21FN4O2. The summed E-state index contributed by atoms with van der Waals surface area (Å²) in [4.78, 5) is 31.3. The molecule has 0 aliphatic rings. The fourth-order valence-electron chi connectivity index (χ4n) is 2.77. The van der Waals surface area contributed by atoms with Crippen molar-refractivity contribution in [3.05, 3.63) is 66.0 Å². The number of carbonyl (C=O) groups is 2. The number of hydrogen-bond acceptors (Lipinski definition) is 3. The zero-order valence-electron chi connectivity index (χ0n) is 15.3. The van der Waals surface area contributed by atoms with Gasteiger partial charge in [0.25, 0.3) is 11.8 Å². The third kappa shape index (κ3) is 3.81. The monoisotopic (exact) mass is 368 g/mol. The number of anilines is 1. The van der Waals surface area contributed by atoms with Gasteiger partial charge in [-0.3, -0.25) is 14.0 Å². The topological polar surface area (TPSA) is 66.7 Å². The fraction of sp³-hybridized carbons (Fsp3) is 0.250. The van der Waals surface area contributed by atoms with E-state index in [2.05, 4.69) is 17.2 Å². The van der Waals surface area contributed by atoms with Crippen molar-refractivity contribution in [3.8, 4) is 0 Å². The Morgan fingerprint density at radius 2 is 1.93 bits per heavy atom. The Balaban J connectivity index is 1.96. The highest BCUT2D eigenvalue weighted by atomic mass is 19.1. The Labute approximate surface area is 156 Å². The van der Waals surface area contributed by atoms with Crippen LogP contribution in [0, 0.1) is 5.82 Å². The minimum absolute atomic E-state index is 0.0288. The highest BCUT2D eigenvalue weighted by molar-refractivity contribution is 6.06. The summed E-state index contributed by atoms with van der Waals surface area (Å²) >= 11 is 0. The number of amides is 2. The molecule has 2 aromatic heterocycles. The molecule has 6 nitrogen and oxygen atoms in total. The first-order valence-corrected chi connectivity index (χ1v) is 8.81. The normalized spacial score (nSPS) is 10.8. The van der Waals surface area contributed by atoms with Crippen LogP contribution in [0.1, 0.15) is 40.9 Å². The molecule has 0 radical (unpaired) electrons. The van der Waals surface area contributed by atoms with Crippen molar-refractivity contribution < 1.29 is 14.0 Å². The van der Waals surface area contributed by atoms with Gasteiger partial charge in [0.05, 0.1) is 11.2 Å². The van der Waals surface area contributed by atoms with Crippen molar-refractivity contribution in [2.24, 2.45) is 0 Å². The molecule has 3 aromatic rings. The van der Waals surface area contributed by atoms with Crippen LogP contribution in [0.3, 0.4) is 0 Å². The van der Waals surface area contributed by atoms with E-state index in [-0.39, 0.29) is 23.1 Å². The summed E-state index contributed by atoms with van der Waals surface area (Å²) < 4.78 is 15.4. The Morgan fingerprint density at radius 1 is 1.19 bits per heavy atom. The molecule has 0 aliphatic carbocycles. The van der Waals surface area contributed by atoms with Gasteiger partial charge >= 0.3 is 0 Å². The molecule has 0 spiro atoms. The first-order chi connectivity index (χ1) is 13.0. The van der Waals surface area contributed by atoms with Crippen molar-refractivity contribution in [2.75, 3.05) is 18.9 Å². The number of carbonyl (C=O) groups excluding carboxylic acids is 2. The third-order valence-electron chi connectivity index (χ3n) is 4.27. The minimum Gasteiger partial charge on any atom is -0.340 e. The van der Waals surface area contributed by atoms with Gasteiger partial charge in [-0.2, -0.15) is 0 Å². The second-order valence-corrected chi connectivity index (χ2v) is 6.25. The zero-order valence-corrected chi connectivity index (χ0v) is 15.3. The molecular weight excluding hydrogens is 347 g/mol. The molecule has 0 fully saturated rings. The van der Waals surface area contributed by atoms with E-state index in [1.54, 1.807) is 48.5 Å². The molecule has 1 N–H and O–H groups in total. The van der Waals surface area contributed by atoms with Crippen molar-refractivity contribution >= 4 is 23.0 Å². The smallest absolute Gasteiger partial charge is 0.292 e. The van der Waals surface area contributed by atoms with Gasteiger partial charge in [-0.05, 0) is 30.7 Å². The van der Waals surface area contributed by atoms with Crippen molar-refractivity contribution in [2.45, 2.75) is 19.8 Å². The van der Waals surface area contributed by atoms with Gasteiger partial charge in [-0.25, -0.2) is 9.37 Å². The van der Waals surface area contributed by atoms with Gasteiger partial charge in [0, 0.05) is 19.8 Å². The van der Waals surface area contributed by atoms with E-state index in [1.165, 1.54) is 16.5 Å². The van der Waals surface area contributed by atoms with E-state index in [9.17, 15) is 14.0 Å².